The molecular weight excluding hydrogens is 323 g/mol. The number of nitrogens with zero attached hydrogens (tertiary/aromatic N) is 3. The van der Waals surface area contributed by atoms with Crippen LogP contribution in [0.15, 0.2) is 30.5 Å². The number of carboxylic acid groups (broad SMARTS) is 1. The molecule has 0 spiro atoms. The molecule has 0 aliphatic carbocycles. The SMILES string of the molecule is Cc1c(-c2ccccc2C(F)(F)F)nn2c(C(=O)O)cnc2c1C. The molecule has 3 aromatic rings. The molecule has 0 radical (unpaired) electrons. The fourth-order valence-corrected chi connectivity index (χ4v) is 2.56. The van der Waals surface area contributed by atoms with Crippen LogP contribution in [0.2, 0.25) is 0 Å². The number of fused-ring (bicyclic) bond motifs is 1. The summed E-state index contributed by atoms with van der Waals surface area (Å²) in [7, 11) is 0. The van der Waals surface area contributed by atoms with Gasteiger partial charge in [0.05, 0.1) is 17.5 Å². The van der Waals surface area contributed by atoms with Crippen LogP contribution in [0.25, 0.3) is 16.9 Å². The van der Waals surface area contributed by atoms with E-state index in [1.807, 2.05) is 0 Å². The van der Waals surface area contributed by atoms with Crippen molar-refractivity contribution in [2.45, 2.75) is 20.0 Å². The number of hydrogen-bond donors (Lipinski definition) is 1. The molecule has 0 atom stereocenters. The molecule has 0 fully saturated rings. The Morgan fingerprint density at radius 3 is 2.46 bits per heavy atom. The standard InChI is InChI=1S/C16H12F3N3O2/c1-8-9(2)14-20-7-12(15(23)24)22(14)21-13(8)10-5-3-4-6-11(10)16(17,18)19/h3-7H,1-2H3,(H,23,24). The molecule has 124 valence electrons. The number of carboxylic acids is 1. The number of benzene rings is 1. The van der Waals surface area contributed by atoms with Crippen molar-refractivity contribution in [3.8, 4) is 11.3 Å². The van der Waals surface area contributed by atoms with Gasteiger partial charge >= 0.3 is 12.1 Å². The van der Waals surface area contributed by atoms with E-state index in [-0.39, 0.29) is 17.0 Å². The van der Waals surface area contributed by atoms with Crippen molar-refractivity contribution in [1.82, 2.24) is 14.6 Å². The highest BCUT2D eigenvalue weighted by Gasteiger charge is 2.34. The van der Waals surface area contributed by atoms with Crippen molar-refractivity contribution in [1.29, 1.82) is 0 Å². The Morgan fingerprint density at radius 1 is 1.17 bits per heavy atom. The van der Waals surface area contributed by atoms with E-state index in [1.54, 1.807) is 13.8 Å². The largest absolute Gasteiger partial charge is 0.476 e. The van der Waals surface area contributed by atoms with Gasteiger partial charge in [0.15, 0.2) is 11.3 Å². The van der Waals surface area contributed by atoms with Gasteiger partial charge in [-0.15, -0.1) is 0 Å². The normalized spacial score (nSPS) is 11.9. The number of halogens is 3. The summed E-state index contributed by atoms with van der Waals surface area (Å²) in [6, 6.07) is 5.08. The first-order valence-corrected chi connectivity index (χ1v) is 6.96. The second kappa shape index (κ2) is 5.33. The number of rotatable bonds is 2. The zero-order valence-electron chi connectivity index (χ0n) is 12.7. The van der Waals surface area contributed by atoms with Crippen molar-refractivity contribution in [2.75, 3.05) is 0 Å². The minimum absolute atomic E-state index is 0.0772. The summed E-state index contributed by atoms with van der Waals surface area (Å²) < 4.78 is 40.9. The van der Waals surface area contributed by atoms with Gasteiger partial charge in [0.25, 0.3) is 0 Å². The number of aryl methyl sites for hydroxylation is 1. The predicted octanol–water partition coefficient (Wildman–Crippen LogP) is 3.73. The minimum Gasteiger partial charge on any atom is -0.476 e. The molecule has 0 unspecified atom stereocenters. The Labute approximate surface area is 134 Å². The van der Waals surface area contributed by atoms with E-state index in [2.05, 4.69) is 10.1 Å². The molecule has 0 saturated carbocycles. The van der Waals surface area contributed by atoms with Gasteiger partial charge in [-0.2, -0.15) is 18.3 Å². The van der Waals surface area contributed by atoms with E-state index in [1.165, 1.54) is 18.2 Å². The van der Waals surface area contributed by atoms with Gasteiger partial charge in [-0.3, -0.25) is 0 Å². The topological polar surface area (TPSA) is 67.5 Å². The number of imidazole rings is 1. The third-order valence-corrected chi connectivity index (χ3v) is 3.90. The molecule has 2 aromatic heterocycles. The van der Waals surface area contributed by atoms with E-state index >= 15 is 0 Å². The molecule has 1 N–H and O–H groups in total. The second-order valence-corrected chi connectivity index (χ2v) is 5.33. The summed E-state index contributed by atoms with van der Waals surface area (Å²) in [5.74, 6) is -1.26. The zero-order chi connectivity index (χ0) is 17.6. The summed E-state index contributed by atoms with van der Waals surface area (Å²) >= 11 is 0. The van der Waals surface area contributed by atoms with E-state index in [0.717, 1.165) is 16.8 Å². The van der Waals surface area contributed by atoms with Crippen LogP contribution in [0.4, 0.5) is 13.2 Å². The monoisotopic (exact) mass is 335 g/mol. The molecular formula is C16H12F3N3O2. The minimum atomic E-state index is -4.54. The number of aromatic nitrogens is 3. The Balaban J connectivity index is 2.38. The van der Waals surface area contributed by atoms with Crippen molar-refractivity contribution >= 4 is 11.6 Å². The highest BCUT2D eigenvalue weighted by molar-refractivity contribution is 5.87. The Morgan fingerprint density at radius 2 is 1.83 bits per heavy atom. The first-order chi connectivity index (χ1) is 11.2. The highest BCUT2D eigenvalue weighted by Crippen LogP contribution is 2.38. The van der Waals surface area contributed by atoms with Crippen molar-refractivity contribution in [3.05, 3.63) is 52.8 Å². The van der Waals surface area contributed by atoms with E-state index in [9.17, 15) is 23.1 Å². The quantitative estimate of drug-likeness (QED) is 0.775. The smallest absolute Gasteiger partial charge is 0.417 e. The van der Waals surface area contributed by atoms with Crippen LogP contribution in [-0.4, -0.2) is 25.7 Å². The van der Waals surface area contributed by atoms with Gasteiger partial charge in [0.2, 0.25) is 0 Å². The molecule has 0 bridgehead atoms. The third kappa shape index (κ3) is 2.40. The fraction of sp³-hybridized carbons (Fsp3) is 0.188. The second-order valence-electron chi connectivity index (χ2n) is 5.33. The highest BCUT2D eigenvalue weighted by atomic mass is 19.4. The summed E-state index contributed by atoms with van der Waals surface area (Å²) in [5, 5.41) is 13.3. The molecule has 0 aliphatic rings. The molecule has 0 amide bonds. The molecule has 5 nitrogen and oxygen atoms in total. The number of hydrogen-bond acceptors (Lipinski definition) is 3. The van der Waals surface area contributed by atoms with Crippen LogP contribution in [0, 0.1) is 13.8 Å². The van der Waals surface area contributed by atoms with E-state index in [0.29, 0.717) is 16.8 Å². The van der Waals surface area contributed by atoms with Gasteiger partial charge in [-0.1, -0.05) is 18.2 Å². The maximum Gasteiger partial charge on any atom is 0.417 e. The lowest BCUT2D eigenvalue weighted by atomic mass is 9.99. The van der Waals surface area contributed by atoms with Gasteiger partial charge < -0.3 is 5.11 Å². The van der Waals surface area contributed by atoms with Crippen LogP contribution in [-0.2, 0) is 6.18 Å². The summed E-state index contributed by atoms with van der Waals surface area (Å²) in [4.78, 5) is 15.3. The molecule has 0 aliphatic heterocycles. The van der Waals surface area contributed by atoms with Crippen molar-refractivity contribution in [3.63, 3.8) is 0 Å². The molecule has 2 heterocycles. The molecule has 8 heteroatoms. The Kier molecular flexibility index (Phi) is 3.55. The molecule has 3 rings (SSSR count). The van der Waals surface area contributed by atoms with Crippen LogP contribution in [0.5, 0.6) is 0 Å². The summed E-state index contributed by atoms with van der Waals surface area (Å²) in [6.07, 6.45) is -3.41. The van der Waals surface area contributed by atoms with Crippen LogP contribution in [0.1, 0.15) is 27.2 Å². The Bertz CT molecular complexity index is 961. The van der Waals surface area contributed by atoms with E-state index in [4.69, 9.17) is 0 Å². The van der Waals surface area contributed by atoms with Gasteiger partial charge in [0, 0.05) is 5.56 Å². The average molecular weight is 335 g/mol. The average Bonchev–Trinajstić information content (AvgIpc) is 2.94. The summed E-state index contributed by atoms with van der Waals surface area (Å²) in [6.45, 7) is 3.31. The summed E-state index contributed by atoms with van der Waals surface area (Å²) in [5.41, 5.74) is 0.338. The van der Waals surface area contributed by atoms with Gasteiger partial charge in [0.1, 0.15) is 0 Å². The van der Waals surface area contributed by atoms with Crippen LogP contribution >= 0.6 is 0 Å². The van der Waals surface area contributed by atoms with E-state index < -0.39 is 17.7 Å². The van der Waals surface area contributed by atoms with Crippen LogP contribution in [0.3, 0.4) is 0 Å². The first-order valence-electron chi connectivity index (χ1n) is 6.96. The van der Waals surface area contributed by atoms with Crippen LogP contribution < -0.4 is 0 Å². The maximum atomic E-state index is 13.3. The number of alkyl halides is 3. The molecule has 0 saturated heterocycles. The lowest BCUT2D eigenvalue weighted by molar-refractivity contribution is -0.137. The van der Waals surface area contributed by atoms with Crippen molar-refractivity contribution in [2.24, 2.45) is 0 Å². The first kappa shape index (κ1) is 16.0. The number of carbonyl (C=O) groups is 1. The molecule has 24 heavy (non-hydrogen) atoms. The molecule has 1 aromatic carbocycles. The lowest BCUT2D eigenvalue weighted by Crippen LogP contribution is -2.11. The lowest BCUT2D eigenvalue weighted by Gasteiger charge is -2.15. The van der Waals surface area contributed by atoms with Gasteiger partial charge in [-0.05, 0) is 31.0 Å². The fourth-order valence-electron chi connectivity index (χ4n) is 2.56. The zero-order valence-corrected chi connectivity index (χ0v) is 12.7. The number of aromatic carboxylic acids is 1. The maximum absolute atomic E-state index is 13.3. The third-order valence-electron chi connectivity index (χ3n) is 3.90. The predicted molar refractivity (Wildman–Crippen MR) is 79.9 cm³/mol. The van der Waals surface area contributed by atoms with Gasteiger partial charge in [-0.25, -0.2) is 14.3 Å². The van der Waals surface area contributed by atoms with Crippen molar-refractivity contribution < 1.29 is 23.1 Å². The Hall–Kier alpha value is -2.90.